The van der Waals surface area contributed by atoms with Crippen molar-refractivity contribution in [2.75, 3.05) is 39.9 Å². The third kappa shape index (κ3) is 4.62. The van der Waals surface area contributed by atoms with Gasteiger partial charge in [-0.25, -0.2) is 0 Å². The molecule has 0 bridgehead atoms. The molecule has 1 aromatic carbocycles. The molecule has 1 aliphatic rings. The zero-order valence-corrected chi connectivity index (χ0v) is 17.1. The Morgan fingerprint density at radius 3 is 2.61 bits per heavy atom. The lowest BCUT2D eigenvalue weighted by Crippen LogP contribution is -2.41. The van der Waals surface area contributed by atoms with Crippen LogP contribution in [0.3, 0.4) is 0 Å². The Balaban J connectivity index is 1.56. The van der Waals surface area contributed by atoms with Crippen LogP contribution in [0, 0.1) is 5.92 Å². The van der Waals surface area contributed by atoms with Crippen LogP contribution in [0.1, 0.15) is 43.1 Å². The van der Waals surface area contributed by atoms with Crippen molar-refractivity contribution in [2.45, 2.75) is 32.7 Å². The number of ether oxygens (including phenoxy) is 1. The normalized spacial score (nSPS) is 16.0. The summed E-state index contributed by atoms with van der Waals surface area (Å²) in [6.07, 6.45) is 4.04. The number of para-hydroxylation sites is 1. The van der Waals surface area contributed by atoms with E-state index in [0.717, 1.165) is 50.0 Å². The number of aromatic nitrogens is 1. The van der Waals surface area contributed by atoms with E-state index in [4.69, 9.17) is 4.74 Å². The lowest BCUT2D eigenvalue weighted by atomic mass is 9.98. The van der Waals surface area contributed by atoms with Crippen LogP contribution < -0.4 is 5.32 Å². The molecule has 0 radical (unpaired) electrons. The Bertz CT molecular complexity index is 820. The third-order valence-electron chi connectivity index (χ3n) is 5.57. The van der Waals surface area contributed by atoms with Crippen molar-refractivity contribution in [2.24, 2.45) is 5.92 Å². The Morgan fingerprint density at radius 1 is 1.21 bits per heavy atom. The van der Waals surface area contributed by atoms with E-state index in [2.05, 4.69) is 24.1 Å². The first-order chi connectivity index (χ1) is 13.5. The molecule has 1 aliphatic heterocycles. The van der Waals surface area contributed by atoms with Crippen molar-refractivity contribution in [1.82, 2.24) is 14.8 Å². The number of methoxy groups -OCH3 is 1. The first kappa shape index (κ1) is 20.6. The van der Waals surface area contributed by atoms with Gasteiger partial charge in [0, 0.05) is 49.9 Å². The second kappa shape index (κ2) is 9.34. The summed E-state index contributed by atoms with van der Waals surface area (Å²) in [4.78, 5) is 27.5. The van der Waals surface area contributed by atoms with Gasteiger partial charge in [0.15, 0.2) is 0 Å². The van der Waals surface area contributed by atoms with Crippen molar-refractivity contribution in [3.63, 3.8) is 0 Å². The number of carbonyl (C=O) groups excluding carboxylic acids is 2. The highest BCUT2D eigenvalue weighted by Gasteiger charge is 2.23. The molecule has 6 heteroatoms. The second-order valence-electron chi connectivity index (χ2n) is 7.89. The average molecular weight is 386 g/mol. The molecule has 6 nitrogen and oxygen atoms in total. The molecule has 2 aromatic rings. The summed E-state index contributed by atoms with van der Waals surface area (Å²) in [7, 11) is 1.75. The van der Waals surface area contributed by atoms with Crippen LogP contribution in [0.15, 0.2) is 30.5 Å². The number of nitrogens with zero attached hydrogens (tertiary/aromatic N) is 2. The molecule has 3 rings (SSSR count). The zero-order chi connectivity index (χ0) is 20.1. The molecule has 28 heavy (non-hydrogen) atoms. The van der Waals surface area contributed by atoms with Gasteiger partial charge >= 0.3 is 0 Å². The molecular weight excluding hydrogens is 354 g/mol. The maximum atomic E-state index is 12.7. The number of amides is 1. The van der Waals surface area contributed by atoms with Gasteiger partial charge in [-0.2, -0.15) is 0 Å². The maximum absolute atomic E-state index is 12.7. The number of hydrogen-bond acceptors (Lipinski definition) is 4. The van der Waals surface area contributed by atoms with E-state index in [9.17, 15) is 9.59 Å². The molecule has 1 saturated heterocycles. The van der Waals surface area contributed by atoms with Gasteiger partial charge in [-0.05, 0) is 51.8 Å². The second-order valence-corrected chi connectivity index (χ2v) is 7.89. The van der Waals surface area contributed by atoms with E-state index in [-0.39, 0.29) is 6.04 Å². The minimum absolute atomic E-state index is 0.218. The highest BCUT2D eigenvalue weighted by Crippen LogP contribution is 2.25. The third-order valence-corrected chi connectivity index (χ3v) is 5.57. The Hall–Kier alpha value is -2.18. The van der Waals surface area contributed by atoms with Crippen LogP contribution >= 0.6 is 0 Å². The van der Waals surface area contributed by atoms with Crippen molar-refractivity contribution in [1.29, 1.82) is 0 Å². The van der Waals surface area contributed by atoms with Gasteiger partial charge in [-0.3, -0.25) is 9.59 Å². The molecule has 1 aromatic heterocycles. The van der Waals surface area contributed by atoms with Gasteiger partial charge in [0.05, 0.1) is 5.56 Å². The molecule has 0 spiro atoms. The highest BCUT2D eigenvalue weighted by atomic mass is 16.5. The number of hydrogen-bond donors (Lipinski definition) is 1. The van der Waals surface area contributed by atoms with E-state index >= 15 is 0 Å². The van der Waals surface area contributed by atoms with E-state index in [0.29, 0.717) is 18.0 Å². The predicted octanol–water partition coefficient (Wildman–Crippen LogP) is 2.88. The molecule has 0 saturated carbocycles. The largest absolute Gasteiger partial charge is 0.384 e. The Labute approximate surface area is 166 Å². The summed E-state index contributed by atoms with van der Waals surface area (Å²) < 4.78 is 7.27. The summed E-state index contributed by atoms with van der Waals surface area (Å²) >= 11 is 0. The molecule has 0 atom stereocenters. The van der Waals surface area contributed by atoms with Crippen LogP contribution in [0.5, 0.6) is 0 Å². The molecular formula is C22H31N3O3. The summed E-state index contributed by atoms with van der Waals surface area (Å²) in [5.74, 6) is -0.356. The van der Waals surface area contributed by atoms with Gasteiger partial charge in [0.25, 0.3) is 11.7 Å². The fourth-order valence-corrected chi connectivity index (χ4v) is 3.96. The van der Waals surface area contributed by atoms with E-state index < -0.39 is 11.7 Å². The van der Waals surface area contributed by atoms with Crippen molar-refractivity contribution < 1.29 is 14.3 Å². The summed E-state index contributed by atoms with van der Waals surface area (Å²) in [5.41, 5.74) is 1.45. The number of piperidine rings is 1. The number of fused-ring (bicyclic) bond motifs is 1. The van der Waals surface area contributed by atoms with Gasteiger partial charge in [-0.1, -0.05) is 18.2 Å². The number of nitrogens with one attached hydrogen (secondary N) is 1. The quantitative estimate of drug-likeness (QED) is 0.561. The number of likely N-dealkylation sites (tertiary alicyclic amines) is 1. The van der Waals surface area contributed by atoms with Crippen LogP contribution in [0.4, 0.5) is 0 Å². The van der Waals surface area contributed by atoms with Gasteiger partial charge in [0.2, 0.25) is 0 Å². The Morgan fingerprint density at radius 2 is 1.93 bits per heavy atom. The fraction of sp³-hybridized carbons (Fsp3) is 0.545. The van der Waals surface area contributed by atoms with E-state index in [1.54, 1.807) is 13.3 Å². The average Bonchev–Trinajstić information content (AvgIpc) is 3.09. The molecule has 1 N–H and O–H groups in total. The number of ketones is 1. The molecule has 152 valence electrons. The summed E-state index contributed by atoms with van der Waals surface area (Å²) in [6.45, 7) is 8.24. The minimum Gasteiger partial charge on any atom is -0.384 e. The first-order valence-electron chi connectivity index (χ1n) is 10.1. The first-order valence-corrected chi connectivity index (χ1v) is 10.1. The van der Waals surface area contributed by atoms with E-state index in [1.165, 1.54) is 0 Å². The molecule has 1 fully saturated rings. The fourth-order valence-electron chi connectivity index (χ4n) is 3.96. The van der Waals surface area contributed by atoms with Crippen LogP contribution in [-0.4, -0.2) is 61.1 Å². The topological polar surface area (TPSA) is 63.6 Å². The predicted molar refractivity (Wildman–Crippen MR) is 111 cm³/mol. The lowest BCUT2D eigenvalue weighted by Gasteiger charge is -2.31. The van der Waals surface area contributed by atoms with Crippen molar-refractivity contribution in [3.05, 3.63) is 36.0 Å². The van der Waals surface area contributed by atoms with Crippen molar-refractivity contribution >= 4 is 22.6 Å². The maximum Gasteiger partial charge on any atom is 0.292 e. The number of rotatable bonds is 8. The zero-order valence-electron chi connectivity index (χ0n) is 17.1. The SMILES string of the molecule is COCC1CCN(CCNC(=O)C(=O)c2cn(C(C)C)c3ccccc23)CC1. The minimum atomic E-state index is -0.527. The number of carbonyl (C=O) groups is 2. The molecule has 0 aliphatic carbocycles. The monoisotopic (exact) mass is 385 g/mol. The van der Waals surface area contributed by atoms with Gasteiger partial charge in [-0.15, -0.1) is 0 Å². The van der Waals surface area contributed by atoms with Gasteiger partial charge in [0.1, 0.15) is 0 Å². The molecule has 1 amide bonds. The van der Waals surface area contributed by atoms with Crippen LogP contribution in [0.25, 0.3) is 10.9 Å². The van der Waals surface area contributed by atoms with Gasteiger partial charge < -0.3 is 19.5 Å². The lowest BCUT2D eigenvalue weighted by molar-refractivity contribution is -0.117. The van der Waals surface area contributed by atoms with Crippen LogP contribution in [0.2, 0.25) is 0 Å². The molecule has 2 heterocycles. The van der Waals surface area contributed by atoms with Crippen molar-refractivity contribution in [3.8, 4) is 0 Å². The van der Waals surface area contributed by atoms with Crippen LogP contribution in [-0.2, 0) is 9.53 Å². The molecule has 0 unspecified atom stereocenters. The summed E-state index contributed by atoms with van der Waals surface area (Å²) in [5, 5.41) is 3.63. The summed E-state index contributed by atoms with van der Waals surface area (Å²) in [6, 6.07) is 7.95. The number of benzene rings is 1. The Kier molecular flexibility index (Phi) is 6.86. The standard InChI is InChI=1S/C22H31N3O3/c1-16(2)25-14-19(18-6-4-5-7-20(18)25)21(26)22(27)23-10-13-24-11-8-17(9-12-24)15-28-3/h4-7,14,16-17H,8-13,15H2,1-3H3,(H,23,27). The van der Waals surface area contributed by atoms with E-state index in [1.807, 2.05) is 28.8 Å². The highest BCUT2D eigenvalue weighted by molar-refractivity contribution is 6.45. The number of Topliss-reactive ketones (excluding diaryl/α,β-unsaturated/α-hetero) is 1. The smallest absolute Gasteiger partial charge is 0.292 e.